The van der Waals surface area contributed by atoms with E-state index in [0.29, 0.717) is 25.4 Å². The van der Waals surface area contributed by atoms with E-state index in [0.717, 1.165) is 6.42 Å². The molecule has 0 radical (unpaired) electrons. The van der Waals surface area contributed by atoms with Crippen molar-refractivity contribution in [3.63, 3.8) is 0 Å². The quantitative estimate of drug-likeness (QED) is 0.798. The van der Waals surface area contributed by atoms with E-state index in [1.807, 2.05) is 18.2 Å². The van der Waals surface area contributed by atoms with E-state index in [1.165, 1.54) is 15.3 Å². The molecule has 1 aliphatic heterocycles. The van der Waals surface area contributed by atoms with E-state index in [1.54, 1.807) is 28.2 Å². The number of hydrogen-bond acceptors (Lipinski definition) is 3. The maximum absolute atomic E-state index is 12.5. The number of nitrogens with zero attached hydrogens (tertiary/aromatic N) is 2. The fourth-order valence-corrected chi connectivity index (χ4v) is 4.21. The number of likely N-dealkylation sites (N-methyl/N-ethyl adjacent to an activating group) is 1. The molecule has 25 heavy (non-hydrogen) atoms. The molecule has 2 amide bonds. The number of benzene rings is 1. The molecule has 1 unspecified atom stereocenters. The van der Waals surface area contributed by atoms with Crippen LogP contribution in [0.2, 0.25) is 0 Å². The van der Waals surface area contributed by atoms with Crippen LogP contribution in [0.25, 0.3) is 0 Å². The van der Waals surface area contributed by atoms with Gasteiger partial charge in [0.05, 0.1) is 13.1 Å². The maximum Gasteiger partial charge on any atom is 0.242 e. The lowest BCUT2D eigenvalue weighted by molar-refractivity contribution is -0.137. The van der Waals surface area contributed by atoms with Gasteiger partial charge in [0.1, 0.15) is 0 Å². The van der Waals surface area contributed by atoms with Crippen LogP contribution in [0, 0.1) is 12.8 Å². The van der Waals surface area contributed by atoms with Crippen LogP contribution in [0.4, 0.5) is 0 Å². The monoisotopic (exact) mass is 356 g/mol. The summed E-state index contributed by atoms with van der Waals surface area (Å²) in [7, 11) is 1.80. The lowest BCUT2D eigenvalue weighted by Crippen LogP contribution is -2.38. The van der Waals surface area contributed by atoms with Crippen molar-refractivity contribution in [2.75, 3.05) is 20.1 Å². The summed E-state index contributed by atoms with van der Waals surface area (Å²) in [5.41, 5.74) is 1.25. The Labute approximate surface area is 153 Å². The van der Waals surface area contributed by atoms with Crippen LogP contribution in [0.5, 0.6) is 0 Å². The number of amides is 2. The lowest BCUT2D eigenvalue weighted by atomic mass is 9.99. The fraction of sp³-hybridized carbons (Fsp3) is 0.400. The Morgan fingerprint density at radius 3 is 2.68 bits per heavy atom. The van der Waals surface area contributed by atoms with E-state index in [-0.39, 0.29) is 18.4 Å². The van der Waals surface area contributed by atoms with Gasteiger partial charge in [-0.05, 0) is 37.0 Å². The molecule has 1 saturated heterocycles. The highest BCUT2D eigenvalue weighted by Crippen LogP contribution is 2.22. The summed E-state index contributed by atoms with van der Waals surface area (Å²) in [6, 6.07) is 14.4. The molecule has 1 aromatic heterocycles. The molecular weight excluding hydrogens is 332 g/mol. The van der Waals surface area contributed by atoms with Gasteiger partial charge in [-0.2, -0.15) is 0 Å². The Bertz CT molecular complexity index is 741. The number of aryl methyl sites for hydroxylation is 1. The van der Waals surface area contributed by atoms with Crippen molar-refractivity contribution in [1.82, 2.24) is 9.80 Å². The SMILES string of the molecule is Cc1ccc(CN(C)C(=O)CN2CC(Cc3ccccc3)CC2=O)s1. The Kier molecular flexibility index (Phi) is 5.53. The first-order valence-electron chi connectivity index (χ1n) is 8.62. The van der Waals surface area contributed by atoms with Crippen LogP contribution >= 0.6 is 11.3 Å². The molecule has 0 bridgehead atoms. The molecule has 132 valence electrons. The predicted molar refractivity (Wildman–Crippen MR) is 100 cm³/mol. The highest BCUT2D eigenvalue weighted by molar-refractivity contribution is 7.11. The summed E-state index contributed by atoms with van der Waals surface area (Å²) < 4.78 is 0. The number of carbonyl (C=O) groups excluding carboxylic acids is 2. The first-order valence-corrected chi connectivity index (χ1v) is 9.44. The largest absolute Gasteiger partial charge is 0.339 e. The van der Waals surface area contributed by atoms with Crippen molar-refractivity contribution in [1.29, 1.82) is 0 Å². The molecule has 0 aliphatic carbocycles. The van der Waals surface area contributed by atoms with Gasteiger partial charge in [0, 0.05) is 29.8 Å². The summed E-state index contributed by atoms with van der Waals surface area (Å²) >= 11 is 1.70. The average molecular weight is 356 g/mol. The molecule has 1 fully saturated rings. The number of thiophene rings is 1. The molecule has 0 N–H and O–H groups in total. The van der Waals surface area contributed by atoms with Crippen LogP contribution < -0.4 is 0 Å². The third-order valence-electron chi connectivity index (χ3n) is 4.60. The lowest BCUT2D eigenvalue weighted by Gasteiger charge is -2.21. The summed E-state index contributed by atoms with van der Waals surface area (Å²) in [4.78, 5) is 30.5. The van der Waals surface area contributed by atoms with Crippen molar-refractivity contribution in [2.24, 2.45) is 5.92 Å². The molecule has 5 heteroatoms. The smallest absolute Gasteiger partial charge is 0.242 e. The molecule has 4 nitrogen and oxygen atoms in total. The average Bonchev–Trinajstić information content (AvgIpc) is 3.14. The molecule has 0 saturated carbocycles. The van der Waals surface area contributed by atoms with Crippen molar-refractivity contribution >= 4 is 23.2 Å². The number of rotatable bonds is 6. The zero-order chi connectivity index (χ0) is 17.8. The van der Waals surface area contributed by atoms with Crippen molar-refractivity contribution in [2.45, 2.75) is 26.3 Å². The topological polar surface area (TPSA) is 40.6 Å². The molecule has 0 spiro atoms. The van der Waals surface area contributed by atoms with Crippen LogP contribution in [-0.2, 0) is 22.6 Å². The van der Waals surface area contributed by atoms with Crippen molar-refractivity contribution in [3.05, 3.63) is 57.8 Å². The van der Waals surface area contributed by atoms with Crippen molar-refractivity contribution < 1.29 is 9.59 Å². The minimum atomic E-state index is -0.000218. The van der Waals surface area contributed by atoms with Gasteiger partial charge in [-0.1, -0.05) is 30.3 Å². The summed E-state index contributed by atoms with van der Waals surface area (Å²) in [6.45, 7) is 3.52. The van der Waals surface area contributed by atoms with Crippen LogP contribution in [-0.4, -0.2) is 41.8 Å². The standard InChI is InChI=1S/C20H24N2O2S/c1-15-8-9-18(25-15)13-21(2)20(24)14-22-12-17(11-19(22)23)10-16-6-4-3-5-7-16/h3-9,17H,10-14H2,1-2H3. The summed E-state index contributed by atoms with van der Waals surface area (Å²) in [5, 5.41) is 0. The van der Waals surface area contributed by atoms with E-state index in [9.17, 15) is 9.59 Å². The second-order valence-electron chi connectivity index (χ2n) is 6.80. The second-order valence-corrected chi connectivity index (χ2v) is 8.17. The predicted octanol–water partition coefficient (Wildman–Crippen LogP) is 3.11. The van der Waals surface area contributed by atoms with E-state index in [4.69, 9.17) is 0 Å². The number of likely N-dealkylation sites (tertiary alicyclic amines) is 1. The molecule has 2 aromatic rings. The third-order valence-corrected chi connectivity index (χ3v) is 5.59. The van der Waals surface area contributed by atoms with Crippen LogP contribution in [0.15, 0.2) is 42.5 Å². The zero-order valence-electron chi connectivity index (χ0n) is 14.8. The van der Waals surface area contributed by atoms with Gasteiger partial charge in [-0.15, -0.1) is 11.3 Å². The first kappa shape index (κ1) is 17.7. The molecule has 3 rings (SSSR count). The molecule has 2 heterocycles. The second kappa shape index (κ2) is 7.83. The Morgan fingerprint density at radius 2 is 2.00 bits per heavy atom. The van der Waals surface area contributed by atoms with Gasteiger partial charge >= 0.3 is 0 Å². The minimum absolute atomic E-state index is 0.000218. The van der Waals surface area contributed by atoms with Gasteiger partial charge in [-0.3, -0.25) is 9.59 Å². The molecule has 1 atom stereocenters. The third kappa shape index (κ3) is 4.69. The van der Waals surface area contributed by atoms with Crippen LogP contribution in [0.3, 0.4) is 0 Å². The fourth-order valence-electron chi connectivity index (χ4n) is 3.27. The van der Waals surface area contributed by atoms with Gasteiger partial charge in [0.2, 0.25) is 11.8 Å². The molecule has 1 aromatic carbocycles. The highest BCUT2D eigenvalue weighted by atomic mass is 32.1. The Hall–Kier alpha value is -2.14. The van der Waals surface area contributed by atoms with Gasteiger partial charge in [-0.25, -0.2) is 0 Å². The Morgan fingerprint density at radius 1 is 1.24 bits per heavy atom. The van der Waals surface area contributed by atoms with Gasteiger partial charge in [0.25, 0.3) is 0 Å². The van der Waals surface area contributed by atoms with Gasteiger partial charge in [0.15, 0.2) is 0 Å². The molecular formula is C20H24N2O2S. The summed E-state index contributed by atoms with van der Waals surface area (Å²) in [5.74, 6) is 0.391. The van der Waals surface area contributed by atoms with Crippen molar-refractivity contribution in [3.8, 4) is 0 Å². The van der Waals surface area contributed by atoms with Crippen LogP contribution in [0.1, 0.15) is 21.7 Å². The maximum atomic E-state index is 12.5. The number of carbonyl (C=O) groups is 2. The zero-order valence-corrected chi connectivity index (χ0v) is 15.6. The normalized spacial score (nSPS) is 17.1. The van der Waals surface area contributed by atoms with E-state index >= 15 is 0 Å². The highest BCUT2D eigenvalue weighted by Gasteiger charge is 2.31. The van der Waals surface area contributed by atoms with E-state index in [2.05, 4.69) is 31.2 Å². The first-order chi connectivity index (χ1) is 12.0. The number of hydrogen-bond donors (Lipinski definition) is 0. The van der Waals surface area contributed by atoms with Gasteiger partial charge < -0.3 is 9.80 Å². The molecule has 1 aliphatic rings. The summed E-state index contributed by atoms with van der Waals surface area (Å²) in [6.07, 6.45) is 1.43. The minimum Gasteiger partial charge on any atom is -0.339 e. The Balaban J connectivity index is 1.51. The van der Waals surface area contributed by atoms with E-state index < -0.39 is 0 Å².